The van der Waals surface area contributed by atoms with E-state index in [4.69, 9.17) is 0 Å². The number of pyridine rings is 1. The van der Waals surface area contributed by atoms with Gasteiger partial charge in [0.05, 0.1) is 17.4 Å². The predicted molar refractivity (Wildman–Crippen MR) is 81.8 cm³/mol. The molecule has 0 saturated heterocycles. The predicted octanol–water partition coefficient (Wildman–Crippen LogP) is 3.94. The summed E-state index contributed by atoms with van der Waals surface area (Å²) in [6.07, 6.45) is 0. The number of carboxylic acids is 1. The summed E-state index contributed by atoms with van der Waals surface area (Å²) in [4.78, 5) is 18.1. The second-order valence-corrected chi connectivity index (χ2v) is 6.21. The molecule has 106 valence electrons. The van der Waals surface area contributed by atoms with Gasteiger partial charge in [0.15, 0.2) is 0 Å². The number of hydrogen-bond donors (Lipinski definition) is 2. The van der Waals surface area contributed by atoms with E-state index in [1.807, 2.05) is 13.8 Å². The molecule has 1 unspecified atom stereocenters. The number of anilines is 1. The highest BCUT2D eigenvalue weighted by atomic mass is 32.1. The number of aromatic nitrogens is 1. The molecule has 5 heteroatoms. The summed E-state index contributed by atoms with van der Waals surface area (Å²) in [7, 11) is 0. The van der Waals surface area contributed by atoms with Crippen molar-refractivity contribution in [1.29, 1.82) is 0 Å². The van der Waals surface area contributed by atoms with Gasteiger partial charge in [-0.05, 0) is 45.9 Å². The topological polar surface area (TPSA) is 62.2 Å². The van der Waals surface area contributed by atoms with Gasteiger partial charge in [-0.2, -0.15) is 0 Å². The number of rotatable bonds is 4. The third-order valence-electron chi connectivity index (χ3n) is 3.10. The van der Waals surface area contributed by atoms with Crippen LogP contribution in [0.4, 0.5) is 5.69 Å². The summed E-state index contributed by atoms with van der Waals surface area (Å²) in [5.74, 6) is -0.952. The van der Waals surface area contributed by atoms with Gasteiger partial charge in [-0.3, -0.25) is 4.98 Å². The summed E-state index contributed by atoms with van der Waals surface area (Å²) in [5, 5.41) is 12.6. The molecule has 4 nitrogen and oxygen atoms in total. The van der Waals surface area contributed by atoms with E-state index in [0.29, 0.717) is 11.4 Å². The molecule has 2 heterocycles. The van der Waals surface area contributed by atoms with E-state index in [1.165, 1.54) is 9.75 Å². The van der Waals surface area contributed by atoms with Crippen molar-refractivity contribution >= 4 is 23.0 Å². The molecule has 0 aliphatic heterocycles. The summed E-state index contributed by atoms with van der Waals surface area (Å²) >= 11 is 1.71. The lowest BCUT2D eigenvalue weighted by molar-refractivity contribution is 0.0696. The normalized spacial score (nSPS) is 12.2. The highest BCUT2D eigenvalue weighted by molar-refractivity contribution is 7.12. The van der Waals surface area contributed by atoms with Crippen molar-refractivity contribution in [2.24, 2.45) is 0 Å². The first kappa shape index (κ1) is 14.5. The van der Waals surface area contributed by atoms with E-state index in [-0.39, 0.29) is 11.6 Å². The van der Waals surface area contributed by atoms with Gasteiger partial charge in [0, 0.05) is 15.4 Å². The molecule has 0 saturated carbocycles. The first-order valence-electron chi connectivity index (χ1n) is 6.43. The fraction of sp³-hybridized carbons (Fsp3) is 0.333. The highest BCUT2D eigenvalue weighted by Crippen LogP contribution is 2.28. The van der Waals surface area contributed by atoms with Crippen molar-refractivity contribution in [3.8, 4) is 0 Å². The maximum absolute atomic E-state index is 11.4. The van der Waals surface area contributed by atoms with Crippen molar-refractivity contribution in [3.63, 3.8) is 0 Å². The molecule has 1 atom stereocenters. The van der Waals surface area contributed by atoms with E-state index in [1.54, 1.807) is 24.3 Å². The number of aromatic carboxylic acids is 1. The number of carboxylic acid groups (broad SMARTS) is 1. The van der Waals surface area contributed by atoms with Crippen LogP contribution in [0.5, 0.6) is 0 Å². The molecule has 0 radical (unpaired) electrons. The number of nitrogens with zero attached hydrogens (tertiary/aromatic N) is 1. The maximum Gasteiger partial charge on any atom is 0.339 e. The largest absolute Gasteiger partial charge is 0.478 e. The monoisotopic (exact) mass is 290 g/mol. The minimum atomic E-state index is -0.952. The van der Waals surface area contributed by atoms with Gasteiger partial charge in [0.1, 0.15) is 5.56 Å². The molecule has 0 fully saturated rings. The van der Waals surface area contributed by atoms with E-state index < -0.39 is 5.97 Å². The highest BCUT2D eigenvalue weighted by Gasteiger charge is 2.17. The van der Waals surface area contributed by atoms with Crippen LogP contribution in [0, 0.1) is 20.8 Å². The summed E-state index contributed by atoms with van der Waals surface area (Å²) in [6, 6.07) is 5.99. The molecule has 0 aliphatic carbocycles. The number of carbonyl (C=O) groups is 1. The smallest absolute Gasteiger partial charge is 0.339 e. The molecule has 2 N–H and O–H groups in total. The number of thiophene rings is 1. The Hall–Kier alpha value is -1.88. The van der Waals surface area contributed by atoms with Crippen LogP contribution >= 0.6 is 11.3 Å². The molecular weight excluding hydrogens is 272 g/mol. The second-order valence-electron chi connectivity index (χ2n) is 4.89. The Bertz CT molecular complexity index is 649. The van der Waals surface area contributed by atoms with Crippen LogP contribution in [0.3, 0.4) is 0 Å². The van der Waals surface area contributed by atoms with Crippen molar-refractivity contribution in [2.45, 2.75) is 33.7 Å². The Morgan fingerprint density at radius 1 is 1.35 bits per heavy atom. The molecule has 2 rings (SSSR count). The molecule has 0 spiro atoms. The zero-order chi connectivity index (χ0) is 14.9. The molecule has 0 aliphatic rings. The lowest BCUT2D eigenvalue weighted by Gasteiger charge is -2.17. The summed E-state index contributed by atoms with van der Waals surface area (Å²) < 4.78 is 0. The first-order valence-corrected chi connectivity index (χ1v) is 7.24. The average molecular weight is 290 g/mol. The molecule has 0 bridgehead atoms. The Morgan fingerprint density at radius 2 is 2.05 bits per heavy atom. The van der Waals surface area contributed by atoms with Crippen LogP contribution < -0.4 is 5.32 Å². The number of aryl methyl sites for hydroxylation is 3. The fourth-order valence-electron chi connectivity index (χ4n) is 2.20. The van der Waals surface area contributed by atoms with Gasteiger partial charge in [-0.15, -0.1) is 11.3 Å². The number of hydrogen-bond acceptors (Lipinski definition) is 4. The van der Waals surface area contributed by atoms with Gasteiger partial charge in [-0.1, -0.05) is 0 Å². The SMILES string of the molecule is Cc1cc(NC(C)c2ccc(C)s2)c(C(=O)O)c(C)n1. The zero-order valence-corrected chi connectivity index (χ0v) is 12.8. The van der Waals surface area contributed by atoms with Gasteiger partial charge in [0.25, 0.3) is 0 Å². The molecule has 0 aromatic carbocycles. The van der Waals surface area contributed by atoms with E-state index in [9.17, 15) is 9.90 Å². The minimum Gasteiger partial charge on any atom is -0.478 e. The Labute approximate surface area is 122 Å². The van der Waals surface area contributed by atoms with Crippen LogP contribution in [0.2, 0.25) is 0 Å². The molecule has 2 aromatic rings. The van der Waals surface area contributed by atoms with Crippen LogP contribution in [0.25, 0.3) is 0 Å². The standard InChI is InChI=1S/C15H18N2O2S/c1-8-7-12(14(15(18)19)11(4)16-8)17-10(3)13-6-5-9(2)20-13/h5-7,10H,1-4H3,(H,16,17)(H,18,19). The van der Waals surface area contributed by atoms with Gasteiger partial charge < -0.3 is 10.4 Å². The average Bonchev–Trinajstić information content (AvgIpc) is 2.74. The molecular formula is C15H18N2O2S. The third-order valence-corrected chi connectivity index (χ3v) is 4.29. The maximum atomic E-state index is 11.4. The number of nitrogens with one attached hydrogen (secondary N) is 1. The lowest BCUT2D eigenvalue weighted by Crippen LogP contribution is -2.12. The van der Waals surface area contributed by atoms with Crippen molar-refractivity contribution in [2.75, 3.05) is 5.32 Å². The molecule has 0 amide bonds. The second kappa shape index (κ2) is 5.63. The third kappa shape index (κ3) is 2.99. The molecule has 20 heavy (non-hydrogen) atoms. The van der Waals surface area contributed by atoms with Crippen molar-refractivity contribution in [3.05, 3.63) is 44.9 Å². The van der Waals surface area contributed by atoms with Gasteiger partial charge in [-0.25, -0.2) is 4.79 Å². The van der Waals surface area contributed by atoms with Crippen molar-refractivity contribution < 1.29 is 9.90 Å². The molecule has 2 aromatic heterocycles. The van der Waals surface area contributed by atoms with Crippen LogP contribution in [0.1, 0.15) is 44.5 Å². The first-order chi connectivity index (χ1) is 9.38. The Kier molecular flexibility index (Phi) is 4.09. The van der Waals surface area contributed by atoms with E-state index >= 15 is 0 Å². The zero-order valence-electron chi connectivity index (χ0n) is 12.0. The Morgan fingerprint density at radius 3 is 2.60 bits per heavy atom. The quantitative estimate of drug-likeness (QED) is 0.895. The van der Waals surface area contributed by atoms with Crippen LogP contribution in [-0.4, -0.2) is 16.1 Å². The van der Waals surface area contributed by atoms with Crippen molar-refractivity contribution in [1.82, 2.24) is 4.98 Å². The summed E-state index contributed by atoms with van der Waals surface area (Å²) in [6.45, 7) is 7.68. The van der Waals surface area contributed by atoms with Crippen LogP contribution in [-0.2, 0) is 0 Å². The Balaban J connectivity index is 2.35. The summed E-state index contributed by atoms with van der Waals surface area (Å²) in [5.41, 5.74) is 2.22. The van der Waals surface area contributed by atoms with Gasteiger partial charge in [0.2, 0.25) is 0 Å². The minimum absolute atomic E-state index is 0.0630. The lowest BCUT2D eigenvalue weighted by atomic mass is 10.1. The fourth-order valence-corrected chi connectivity index (χ4v) is 3.08. The van der Waals surface area contributed by atoms with Crippen LogP contribution in [0.15, 0.2) is 18.2 Å². The van der Waals surface area contributed by atoms with Gasteiger partial charge >= 0.3 is 5.97 Å². The van der Waals surface area contributed by atoms with E-state index in [0.717, 1.165) is 5.69 Å². The van der Waals surface area contributed by atoms with E-state index in [2.05, 4.69) is 29.4 Å².